The smallest absolute Gasteiger partial charge is 1.00 e. The monoisotopic (exact) mass is 203 g/mol. The van der Waals surface area contributed by atoms with Crippen molar-refractivity contribution in [3.63, 3.8) is 0 Å². The number of hydrogen-bond donors (Lipinski definition) is 0. The molecule has 0 saturated heterocycles. The minimum Gasteiger partial charge on any atom is -1.00 e. The van der Waals surface area contributed by atoms with E-state index in [0.717, 1.165) is 6.04 Å². The minimum atomic E-state index is 0. The fourth-order valence-electron chi connectivity index (χ4n) is 2.04. The summed E-state index contributed by atoms with van der Waals surface area (Å²) in [5.74, 6) is 0. The van der Waals surface area contributed by atoms with Gasteiger partial charge in [-0.25, -0.2) is 0 Å². The second-order valence-corrected chi connectivity index (χ2v) is 4.44. The topological polar surface area (TPSA) is 3.24 Å². The van der Waals surface area contributed by atoms with E-state index in [-0.39, 0.29) is 20.3 Å². The Hall–Kier alpha value is 0.297. The van der Waals surface area contributed by atoms with Gasteiger partial charge in [0.2, 0.25) is 0 Å². The first kappa shape index (κ1) is 15.3. The molecule has 1 unspecified atom stereocenters. The first-order chi connectivity index (χ1) is 6.79. The summed E-state index contributed by atoms with van der Waals surface area (Å²) in [5.41, 5.74) is 1.59. The van der Waals surface area contributed by atoms with Crippen molar-refractivity contribution in [1.29, 1.82) is 0 Å². The van der Waals surface area contributed by atoms with Crippen molar-refractivity contribution in [1.82, 2.24) is 4.90 Å². The second-order valence-electron chi connectivity index (χ2n) is 4.44. The molecule has 0 heterocycles. The summed E-state index contributed by atoms with van der Waals surface area (Å²) in [6.45, 7) is 9.43. The molecule has 0 saturated carbocycles. The van der Waals surface area contributed by atoms with E-state index in [9.17, 15) is 0 Å². The average Bonchev–Trinajstić information content (AvgIpc) is 2.19. The van der Waals surface area contributed by atoms with Crippen LogP contribution in [0.1, 0.15) is 54.3 Å². The van der Waals surface area contributed by atoms with Crippen molar-refractivity contribution in [2.75, 3.05) is 13.1 Å². The molecule has 1 atom stereocenters. The van der Waals surface area contributed by atoms with Crippen LogP contribution >= 0.6 is 0 Å². The predicted molar refractivity (Wildman–Crippen MR) is 64.7 cm³/mol. The molecule has 15 heavy (non-hydrogen) atoms. The van der Waals surface area contributed by atoms with Gasteiger partial charge < -0.3 is 1.43 Å². The molecule has 1 nitrogen and oxygen atoms in total. The summed E-state index contributed by atoms with van der Waals surface area (Å²) in [5, 5.41) is 0. The molecule has 1 aliphatic rings. The third-order valence-electron chi connectivity index (χ3n) is 3.23. The van der Waals surface area contributed by atoms with Gasteiger partial charge in [-0.05, 0) is 39.3 Å². The van der Waals surface area contributed by atoms with E-state index < -0.39 is 0 Å². The van der Waals surface area contributed by atoms with Gasteiger partial charge in [0.05, 0.1) is 0 Å². The molecule has 0 bridgehead atoms. The quantitative estimate of drug-likeness (QED) is 0.435. The van der Waals surface area contributed by atoms with E-state index in [4.69, 9.17) is 0 Å². The first-order valence-electron chi connectivity index (χ1n) is 6.20. The molecule has 0 amide bonds. The molecule has 0 radical (unpaired) electrons. The van der Waals surface area contributed by atoms with Crippen molar-refractivity contribution >= 4 is 0 Å². The zero-order valence-corrected chi connectivity index (χ0v) is 11.1. The van der Waals surface area contributed by atoms with Crippen molar-refractivity contribution in [3.05, 3.63) is 11.6 Å². The van der Waals surface area contributed by atoms with Gasteiger partial charge in [-0.3, -0.25) is 4.90 Å². The molecule has 0 aromatic rings. The van der Waals surface area contributed by atoms with Gasteiger partial charge in [-0.2, -0.15) is 0 Å². The van der Waals surface area contributed by atoms with Gasteiger partial charge in [0.15, 0.2) is 0 Å². The first-order valence-corrected chi connectivity index (χ1v) is 6.20. The van der Waals surface area contributed by atoms with Gasteiger partial charge in [0.1, 0.15) is 0 Å². The largest absolute Gasteiger partial charge is 1.00 e. The van der Waals surface area contributed by atoms with Gasteiger partial charge in [-0.15, -0.1) is 0 Å². The fourth-order valence-corrected chi connectivity index (χ4v) is 2.04. The molecule has 0 fully saturated rings. The molecule has 0 aliphatic heterocycles. The molecular formula is C13H26LiN. The van der Waals surface area contributed by atoms with Crippen LogP contribution in [0.25, 0.3) is 0 Å². The molecular weight excluding hydrogens is 177 g/mol. The molecule has 0 N–H and O–H groups in total. The van der Waals surface area contributed by atoms with Gasteiger partial charge in [-0.1, -0.05) is 38.3 Å². The van der Waals surface area contributed by atoms with E-state index >= 15 is 0 Å². The molecule has 0 aromatic heterocycles. The zero-order valence-electron chi connectivity index (χ0n) is 12.1. The van der Waals surface area contributed by atoms with Crippen molar-refractivity contribution in [2.24, 2.45) is 0 Å². The van der Waals surface area contributed by atoms with E-state index in [0.29, 0.717) is 0 Å². The van der Waals surface area contributed by atoms with E-state index in [1.165, 1.54) is 45.2 Å². The summed E-state index contributed by atoms with van der Waals surface area (Å²) in [6, 6.07) is 0.785. The second kappa shape index (κ2) is 8.45. The van der Waals surface area contributed by atoms with Crippen molar-refractivity contribution in [3.8, 4) is 0 Å². The number of unbranched alkanes of at least 4 members (excludes halogenated alkanes) is 2. The summed E-state index contributed by atoms with van der Waals surface area (Å²) in [7, 11) is 0. The number of nitrogens with zero attached hydrogens (tertiary/aromatic N) is 1. The van der Waals surface area contributed by atoms with Gasteiger partial charge in [0.25, 0.3) is 0 Å². The van der Waals surface area contributed by atoms with E-state index in [1.807, 2.05) is 0 Å². The SMILES string of the molecule is CCCCN(CCCC)C1CC=C1C.[H-].[Li+]. The van der Waals surface area contributed by atoms with Crippen molar-refractivity contribution in [2.45, 2.75) is 58.9 Å². The van der Waals surface area contributed by atoms with Crippen molar-refractivity contribution < 1.29 is 20.3 Å². The molecule has 84 valence electrons. The average molecular weight is 203 g/mol. The van der Waals surface area contributed by atoms with Crippen LogP contribution in [-0.4, -0.2) is 24.0 Å². The molecule has 1 rings (SSSR count). The van der Waals surface area contributed by atoms with Crippen LogP contribution < -0.4 is 18.9 Å². The number of rotatable bonds is 7. The summed E-state index contributed by atoms with van der Waals surface area (Å²) in [4.78, 5) is 2.68. The Morgan fingerprint density at radius 2 is 1.80 bits per heavy atom. The maximum atomic E-state index is 2.68. The summed E-state index contributed by atoms with van der Waals surface area (Å²) < 4.78 is 0. The zero-order chi connectivity index (χ0) is 10.4. The Morgan fingerprint density at radius 3 is 2.07 bits per heavy atom. The third kappa shape index (κ3) is 4.77. The van der Waals surface area contributed by atoms with Gasteiger partial charge >= 0.3 is 18.9 Å². The van der Waals surface area contributed by atoms with Crippen LogP contribution in [-0.2, 0) is 0 Å². The van der Waals surface area contributed by atoms with Crippen LogP contribution in [0.5, 0.6) is 0 Å². The predicted octanol–water partition coefficient (Wildman–Crippen LogP) is 0.724. The fraction of sp³-hybridized carbons (Fsp3) is 0.846. The maximum absolute atomic E-state index is 2.68. The van der Waals surface area contributed by atoms with Crippen LogP contribution in [0.2, 0.25) is 0 Å². The van der Waals surface area contributed by atoms with Gasteiger partial charge in [0, 0.05) is 6.04 Å². The summed E-state index contributed by atoms with van der Waals surface area (Å²) in [6.07, 6.45) is 9.01. The Bertz CT molecular complexity index is 186. The molecule has 0 aromatic carbocycles. The molecule has 0 spiro atoms. The Labute approximate surface area is 109 Å². The Morgan fingerprint density at radius 1 is 1.27 bits per heavy atom. The summed E-state index contributed by atoms with van der Waals surface area (Å²) >= 11 is 0. The maximum Gasteiger partial charge on any atom is 1.00 e. The Balaban J connectivity index is 0. The third-order valence-corrected chi connectivity index (χ3v) is 3.23. The molecule has 1 aliphatic carbocycles. The number of hydrogen-bond acceptors (Lipinski definition) is 1. The standard InChI is InChI=1S/C13H25N.Li.H/c1-4-6-10-14(11-7-5-2)13-9-8-12(13)3;;/h8,13H,4-7,9-11H2,1-3H3;;/q;+1;-1. The normalized spacial score (nSPS) is 19.5. The van der Waals surface area contributed by atoms with E-state index in [1.54, 1.807) is 5.57 Å². The molecule has 2 heteroatoms. The van der Waals surface area contributed by atoms with Crippen LogP contribution in [0.15, 0.2) is 11.6 Å². The minimum absolute atomic E-state index is 0. The van der Waals surface area contributed by atoms with Crippen LogP contribution in [0, 0.1) is 0 Å². The Kier molecular flexibility index (Phi) is 8.62. The van der Waals surface area contributed by atoms with Crippen LogP contribution in [0.3, 0.4) is 0 Å². The van der Waals surface area contributed by atoms with E-state index in [2.05, 4.69) is 31.7 Å². The van der Waals surface area contributed by atoms with Crippen LogP contribution in [0.4, 0.5) is 0 Å².